The lowest BCUT2D eigenvalue weighted by atomic mass is 10.2. The highest BCUT2D eigenvalue weighted by Crippen LogP contribution is 2.48. The zero-order valence-electron chi connectivity index (χ0n) is 11.4. The zero-order chi connectivity index (χ0) is 13.6. The van der Waals surface area contributed by atoms with Crippen LogP contribution in [0.2, 0.25) is 0 Å². The van der Waals surface area contributed by atoms with Crippen LogP contribution >= 0.6 is 11.3 Å². The van der Waals surface area contributed by atoms with Crippen LogP contribution in [0.5, 0.6) is 5.75 Å². The molecule has 2 heterocycles. The van der Waals surface area contributed by atoms with Gasteiger partial charge in [-0.1, -0.05) is 6.92 Å². The van der Waals surface area contributed by atoms with Crippen molar-refractivity contribution in [2.45, 2.75) is 26.2 Å². The van der Waals surface area contributed by atoms with Crippen LogP contribution in [-0.4, -0.2) is 26.0 Å². The van der Waals surface area contributed by atoms with Gasteiger partial charge in [0.05, 0.1) is 17.7 Å². The van der Waals surface area contributed by atoms with Gasteiger partial charge < -0.3 is 15.4 Å². The molecule has 1 aromatic rings. The summed E-state index contributed by atoms with van der Waals surface area (Å²) in [7, 11) is 1.63. The molecule has 104 valence electrons. The predicted octanol–water partition coefficient (Wildman–Crippen LogP) is 2.78. The number of nitrogen functional groups attached to an aromatic ring is 1. The standard InChI is InChI=1S/C14H20N2O2S/c1-8-5-6-16(7-8)14-12(18-2)10(15)13(19-14)11(17)9-3-4-9/h8-9H,3-7,15H2,1-2H3. The number of carbonyl (C=O) groups excluding carboxylic acids is 1. The number of carbonyl (C=O) groups is 1. The fraction of sp³-hybridized carbons (Fsp3) is 0.643. The van der Waals surface area contributed by atoms with Crippen molar-refractivity contribution in [2.75, 3.05) is 30.8 Å². The Morgan fingerprint density at radius 2 is 2.16 bits per heavy atom. The Kier molecular flexibility index (Phi) is 3.17. The molecule has 0 spiro atoms. The van der Waals surface area contributed by atoms with E-state index in [9.17, 15) is 4.79 Å². The van der Waals surface area contributed by atoms with Gasteiger partial charge in [-0.3, -0.25) is 4.79 Å². The highest BCUT2D eigenvalue weighted by Gasteiger charge is 2.35. The van der Waals surface area contributed by atoms with Gasteiger partial charge >= 0.3 is 0 Å². The quantitative estimate of drug-likeness (QED) is 0.862. The van der Waals surface area contributed by atoms with Crippen molar-refractivity contribution in [3.63, 3.8) is 0 Å². The molecule has 2 aliphatic rings. The molecular formula is C14H20N2O2S. The number of nitrogens with zero attached hydrogens (tertiary/aromatic N) is 1. The maximum absolute atomic E-state index is 12.2. The molecule has 1 saturated carbocycles. The van der Waals surface area contributed by atoms with Gasteiger partial charge in [0.2, 0.25) is 0 Å². The third-order valence-electron chi connectivity index (χ3n) is 3.97. The van der Waals surface area contributed by atoms with Gasteiger partial charge in [0.1, 0.15) is 5.00 Å². The topological polar surface area (TPSA) is 55.6 Å². The Morgan fingerprint density at radius 1 is 1.42 bits per heavy atom. The summed E-state index contributed by atoms with van der Waals surface area (Å²) in [6.07, 6.45) is 3.20. The minimum atomic E-state index is 0.205. The second kappa shape index (κ2) is 4.71. The average Bonchev–Trinajstić information content (AvgIpc) is 3.07. The maximum Gasteiger partial charge on any atom is 0.178 e. The minimum absolute atomic E-state index is 0.205. The number of nitrogens with two attached hydrogens (primary N) is 1. The fourth-order valence-electron chi connectivity index (χ4n) is 2.66. The van der Waals surface area contributed by atoms with Crippen LogP contribution < -0.4 is 15.4 Å². The second-order valence-corrected chi connectivity index (χ2v) is 6.66. The second-order valence-electron chi connectivity index (χ2n) is 5.66. The third kappa shape index (κ3) is 2.20. The van der Waals surface area contributed by atoms with Gasteiger partial charge in [-0.05, 0) is 25.2 Å². The molecule has 2 fully saturated rings. The van der Waals surface area contributed by atoms with Crippen LogP contribution in [0.3, 0.4) is 0 Å². The first kappa shape index (κ1) is 12.8. The summed E-state index contributed by atoms with van der Waals surface area (Å²) in [6.45, 7) is 4.29. The summed E-state index contributed by atoms with van der Waals surface area (Å²) < 4.78 is 5.45. The first-order valence-electron chi connectivity index (χ1n) is 6.87. The van der Waals surface area contributed by atoms with E-state index >= 15 is 0 Å². The number of thiophene rings is 1. The zero-order valence-corrected chi connectivity index (χ0v) is 12.3. The van der Waals surface area contributed by atoms with Gasteiger partial charge in [-0.2, -0.15) is 0 Å². The van der Waals surface area contributed by atoms with Crippen molar-refractivity contribution < 1.29 is 9.53 Å². The van der Waals surface area contributed by atoms with E-state index in [0.29, 0.717) is 22.2 Å². The molecule has 0 radical (unpaired) electrons. The molecular weight excluding hydrogens is 260 g/mol. The smallest absolute Gasteiger partial charge is 0.178 e. The molecule has 4 nitrogen and oxygen atoms in total. The van der Waals surface area contributed by atoms with E-state index in [0.717, 1.165) is 30.9 Å². The minimum Gasteiger partial charge on any atom is -0.492 e. The first-order chi connectivity index (χ1) is 9.11. The van der Waals surface area contributed by atoms with E-state index in [1.54, 1.807) is 7.11 Å². The summed E-state index contributed by atoms with van der Waals surface area (Å²) in [5, 5.41) is 1.04. The molecule has 1 aliphatic carbocycles. The largest absolute Gasteiger partial charge is 0.492 e. The Balaban J connectivity index is 1.94. The summed E-state index contributed by atoms with van der Waals surface area (Å²) in [6, 6.07) is 0. The van der Waals surface area contributed by atoms with Gasteiger partial charge in [-0.25, -0.2) is 0 Å². The Bertz CT molecular complexity index is 508. The van der Waals surface area contributed by atoms with Crippen molar-refractivity contribution in [1.29, 1.82) is 0 Å². The fourth-order valence-corrected chi connectivity index (χ4v) is 3.90. The lowest BCUT2D eigenvalue weighted by Gasteiger charge is -2.17. The van der Waals surface area contributed by atoms with Crippen LogP contribution in [0.4, 0.5) is 10.7 Å². The van der Waals surface area contributed by atoms with Crippen molar-refractivity contribution >= 4 is 27.8 Å². The lowest BCUT2D eigenvalue weighted by molar-refractivity contribution is 0.0972. The lowest BCUT2D eigenvalue weighted by Crippen LogP contribution is -2.18. The number of ether oxygens (including phenoxy) is 1. The molecule has 1 atom stereocenters. The van der Waals surface area contributed by atoms with E-state index in [2.05, 4.69) is 11.8 Å². The molecule has 1 unspecified atom stereocenters. The molecule has 19 heavy (non-hydrogen) atoms. The molecule has 1 aliphatic heterocycles. The Morgan fingerprint density at radius 3 is 2.68 bits per heavy atom. The Labute approximate surface area is 117 Å². The molecule has 5 heteroatoms. The molecule has 3 rings (SSSR count). The van der Waals surface area contributed by atoms with Crippen LogP contribution in [0.25, 0.3) is 0 Å². The number of methoxy groups -OCH3 is 1. The maximum atomic E-state index is 12.2. The van der Waals surface area contributed by atoms with Crippen molar-refractivity contribution in [3.8, 4) is 5.75 Å². The van der Waals surface area contributed by atoms with E-state index in [-0.39, 0.29) is 11.7 Å². The molecule has 1 saturated heterocycles. The van der Waals surface area contributed by atoms with Crippen LogP contribution in [-0.2, 0) is 0 Å². The summed E-state index contributed by atoms with van der Waals surface area (Å²) in [5.74, 6) is 1.80. The highest BCUT2D eigenvalue weighted by atomic mass is 32.1. The van der Waals surface area contributed by atoms with Crippen molar-refractivity contribution in [1.82, 2.24) is 0 Å². The van der Waals surface area contributed by atoms with Gasteiger partial charge in [-0.15, -0.1) is 11.3 Å². The number of hydrogen-bond acceptors (Lipinski definition) is 5. The van der Waals surface area contributed by atoms with Gasteiger partial charge in [0.25, 0.3) is 0 Å². The monoisotopic (exact) mass is 280 g/mol. The summed E-state index contributed by atoms with van der Waals surface area (Å²) >= 11 is 1.51. The van der Waals surface area contributed by atoms with Crippen molar-refractivity contribution in [2.24, 2.45) is 11.8 Å². The first-order valence-corrected chi connectivity index (χ1v) is 7.68. The van der Waals surface area contributed by atoms with Crippen LogP contribution in [0.1, 0.15) is 35.9 Å². The number of hydrogen-bond donors (Lipinski definition) is 1. The number of ketones is 1. The van der Waals surface area contributed by atoms with E-state index < -0.39 is 0 Å². The van der Waals surface area contributed by atoms with E-state index in [1.807, 2.05) is 0 Å². The number of rotatable bonds is 4. The van der Waals surface area contributed by atoms with Crippen molar-refractivity contribution in [3.05, 3.63) is 4.88 Å². The number of Topliss-reactive ketones (excluding diaryl/α,β-unsaturated/α-hetero) is 1. The predicted molar refractivity (Wildman–Crippen MR) is 78.3 cm³/mol. The third-order valence-corrected chi connectivity index (χ3v) is 5.23. The normalized spacial score (nSPS) is 22.8. The average molecular weight is 280 g/mol. The molecule has 0 aromatic carbocycles. The molecule has 0 amide bonds. The highest BCUT2D eigenvalue weighted by molar-refractivity contribution is 7.19. The summed E-state index contributed by atoms with van der Waals surface area (Å²) in [5.41, 5.74) is 6.66. The molecule has 0 bridgehead atoms. The van der Waals surface area contributed by atoms with E-state index in [1.165, 1.54) is 17.8 Å². The van der Waals surface area contributed by atoms with E-state index in [4.69, 9.17) is 10.5 Å². The Hall–Kier alpha value is -1.23. The van der Waals surface area contributed by atoms with Gasteiger partial charge in [0.15, 0.2) is 11.5 Å². The SMILES string of the molecule is COc1c(N2CCC(C)C2)sc(C(=O)C2CC2)c1N. The van der Waals surface area contributed by atoms with Crippen LogP contribution in [0.15, 0.2) is 0 Å². The molecule has 2 N–H and O–H groups in total. The summed E-state index contributed by atoms with van der Waals surface area (Å²) in [4.78, 5) is 15.2. The molecule has 1 aromatic heterocycles. The van der Waals surface area contributed by atoms with Crippen LogP contribution in [0, 0.1) is 11.8 Å². The number of anilines is 2. The van der Waals surface area contributed by atoms with Gasteiger partial charge in [0, 0.05) is 19.0 Å².